The molecule has 0 saturated carbocycles. The maximum absolute atomic E-state index is 5.53. The van der Waals surface area contributed by atoms with E-state index in [1.165, 1.54) is 0 Å². The Morgan fingerprint density at radius 2 is 2.07 bits per heavy atom. The van der Waals surface area contributed by atoms with Gasteiger partial charge in [-0.3, -0.25) is 0 Å². The molecular formula is C10H16BrNOS. The lowest BCUT2D eigenvalue weighted by Crippen LogP contribution is -2.09. The Kier molecular flexibility index (Phi) is 4.26. The fraction of sp³-hybridized carbons (Fsp3) is 0.500. The monoisotopic (exact) mass is 277 g/mol. The predicted octanol–water partition coefficient (Wildman–Crippen LogP) is 2.92. The molecule has 4 heteroatoms. The Balaban J connectivity index is 2.35. The lowest BCUT2D eigenvalue weighted by molar-refractivity contribution is 0.330. The van der Waals surface area contributed by atoms with Crippen LogP contribution in [0.25, 0.3) is 0 Å². The van der Waals surface area contributed by atoms with Gasteiger partial charge >= 0.3 is 0 Å². The molecule has 80 valence electrons. The van der Waals surface area contributed by atoms with E-state index in [1.54, 1.807) is 6.20 Å². The number of pyridine rings is 1. The lowest BCUT2D eigenvalue weighted by Gasteiger charge is -2.24. The van der Waals surface area contributed by atoms with E-state index in [2.05, 4.69) is 39.7 Å². The fourth-order valence-electron chi connectivity index (χ4n) is 0.844. The van der Waals surface area contributed by atoms with E-state index in [0.717, 1.165) is 16.8 Å². The van der Waals surface area contributed by atoms with E-state index in [9.17, 15) is 0 Å². The Labute approximate surface area is 95.5 Å². The van der Waals surface area contributed by atoms with Gasteiger partial charge in [0.1, 0.15) is 0 Å². The second kappa shape index (κ2) is 5.03. The second-order valence-electron chi connectivity index (χ2n) is 3.96. The lowest BCUT2D eigenvalue weighted by atomic mass is 10.5. The van der Waals surface area contributed by atoms with Crippen molar-refractivity contribution >= 4 is 26.0 Å². The van der Waals surface area contributed by atoms with E-state index in [-0.39, 0.29) is 0 Å². The third-order valence-corrected chi connectivity index (χ3v) is 3.51. The highest BCUT2D eigenvalue weighted by atomic mass is 79.9. The Morgan fingerprint density at radius 3 is 2.57 bits per heavy atom. The van der Waals surface area contributed by atoms with Crippen molar-refractivity contribution in [3.8, 4) is 5.88 Å². The van der Waals surface area contributed by atoms with Crippen molar-refractivity contribution < 1.29 is 4.74 Å². The molecule has 0 aliphatic rings. The zero-order chi connectivity index (χ0) is 10.6. The van der Waals surface area contributed by atoms with Crippen LogP contribution in [0.1, 0.15) is 0 Å². The van der Waals surface area contributed by atoms with Gasteiger partial charge in [0.05, 0.1) is 6.61 Å². The molecule has 2 nitrogen and oxygen atoms in total. The SMILES string of the molecule is CS(C)(C)CCOc1ccc(Br)cn1. The molecule has 0 radical (unpaired) electrons. The molecule has 0 bridgehead atoms. The summed E-state index contributed by atoms with van der Waals surface area (Å²) in [5, 5.41) is 0. The number of hydrogen-bond acceptors (Lipinski definition) is 2. The highest BCUT2D eigenvalue weighted by Gasteiger charge is 2.04. The Bertz CT molecular complexity index is 281. The molecule has 1 rings (SSSR count). The largest absolute Gasteiger partial charge is 0.477 e. The molecule has 0 N–H and O–H groups in total. The molecule has 0 spiro atoms. The molecule has 1 heterocycles. The average molecular weight is 278 g/mol. The van der Waals surface area contributed by atoms with Crippen LogP contribution in [0.15, 0.2) is 22.8 Å². The summed E-state index contributed by atoms with van der Waals surface area (Å²) >= 11 is 3.33. The van der Waals surface area contributed by atoms with Crippen LogP contribution < -0.4 is 4.74 Å². The number of rotatable bonds is 4. The van der Waals surface area contributed by atoms with Crippen LogP contribution >= 0.6 is 26.0 Å². The van der Waals surface area contributed by atoms with Crippen molar-refractivity contribution in [2.45, 2.75) is 0 Å². The molecule has 0 amide bonds. The summed E-state index contributed by atoms with van der Waals surface area (Å²) in [5.74, 6) is 1.82. The van der Waals surface area contributed by atoms with Gasteiger partial charge in [-0.05, 0) is 40.8 Å². The van der Waals surface area contributed by atoms with Crippen molar-refractivity contribution in [1.29, 1.82) is 0 Å². The molecule has 0 aliphatic carbocycles. The van der Waals surface area contributed by atoms with Crippen molar-refractivity contribution in [2.75, 3.05) is 31.1 Å². The first kappa shape index (κ1) is 11.9. The van der Waals surface area contributed by atoms with Crippen LogP contribution in [0.5, 0.6) is 5.88 Å². The van der Waals surface area contributed by atoms with Crippen LogP contribution in [0.3, 0.4) is 0 Å². The molecule has 0 aromatic carbocycles. The normalized spacial score (nSPS) is 12.6. The summed E-state index contributed by atoms with van der Waals surface area (Å²) in [6.45, 7) is 0.757. The number of halogens is 1. The molecule has 0 aliphatic heterocycles. The summed E-state index contributed by atoms with van der Waals surface area (Å²) in [6, 6.07) is 3.81. The van der Waals surface area contributed by atoms with Crippen LogP contribution in [0.2, 0.25) is 0 Å². The standard InChI is InChI=1S/C10H16BrNOS/c1-14(2,3)7-6-13-10-5-4-9(11)8-12-10/h4-5,8H,6-7H2,1-3H3. The summed E-state index contributed by atoms with van der Waals surface area (Å²) < 4.78 is 6.50. The number of ether oxygens (including phenoxy) is 1. The van der Waals surface area contributed by atoms with Crippen molar-refractivity contribution in [1.82, 2.24) is 4.98 Å². The van der Waals surface area contributed by atoms with E-state index in [0.29, 0.717) is 5.88 Å². The summed E-state index contributed by atoms with van der Waals surface area (Å²) in [6.07, 6.45) is 8.60. The van der Waals surface area contributed by atoms with E-state index in [4.69, 9.17) is 4.74 Å². The van der Waals surface area contributed by atoms with Gasteiger partial charge in [-0.25, -0.2) is 15.0 Å². The smallest absolute Gasteiger partial charge is 0.213 e. The molecule has 0 unspecified atom stereocenters. The molecule has 0 fully saturated rings. The number of hydrogen-bond donors (Lipinski definition) is 0. The highest BCUT2D eigenvalue weighted by Crippen LogP contribution is 2.33. The third-order valence-electron chi connectivity index (χ3n) is 1.65. The van der Waals surface area contributed by atoms with Gasteiger partial charge in [-0.2, -0.15) is 0 Å². The van der Waals surface area contributed by atoms with Gasteiger partial charge in [-0.1, -0.05) is 0 Å². The zero-order valence-electron chi connectivity index (χ0n) is 8.79. The Morgan fingerprint density at radius 1 is 1.36 bits per heavy atom. The van der Waals surface area contributed by atoms with E-state index in [1.807, 2.05) is 12.1 Å². The van der Waals surface area contributed by atoms with Gasteiger partial charge in [0.25, 0.3) is 0 Å². The van der Waals surface area contributed by atoms with Crippen molar-refractivity contribution in [3.63, 3.8) is 0 Å². The van der Waals surface area contributed by atoms with Gasteiger partial charge in [0.15, 0.2) is 0 Å². The second-order valence-corrected chi connectivity index (χ2v) is 9.46. The quantitative estimate of drug-likeness (QED) is 0.845. The highest BCUT2D eigenvalue weighted by molar-refractivity contribution is 9.10. The summed E-state index contributed by atoms with van der Waals surface area (Å²) in [4.78, 5) is 4.14. The topological polar surface area (TPSA) is 22.1 Å². The molecule has 0 atom stereocenters. The molecule has 14 heavy (non-hydrogen) atoms. The van der Waals surface area contributed by atoms with Crippen LogP contribution in [-0.4, -0.2) is 36.1 Å². The molecule has 0 saturated heterocycles. The van der Waals surface area contributed by atoms with Gasteiger partial charge in [-0.15, -0.1) is 0 Å². The van der Waals surface area contributed by atoms with Crippen LogP contribution in [-0.2, 0) is 0 Å². The average Bonchev–Trinajstić information content (AvgIpc) is 2.06. The maximum Gasteiger partial charge on any atom is 0.213 e. The number of aromatic nitrogens is 1. The minimum atomic E-state index is -0.464. The van der Waals surface area contributed by atoms with Crippen LogP contribution in [0.4, 0.5) is 0 Å². The summed E-state index contributed by atoms with van der Waals surface area (Å²) in [7, 11) is -0.464. The first-order valence-corrected chi connectivity index (χ1v) is 8.20. The molecule has 1 aromatic heterocycles. The van der Waals surface area contributed by atoms with E-state index < -0.39 is 10.0 Å². The minimum absolute atomic E-state index is 0.464. The van der Waals surface area contributed by atoms with Gasteiger partial charge in [0.2, 0.25) is 5.88 Å². The molecular weight excluding hydrogens is 262 g/mol. The molecule has 1 aromatic rings. The fourth-order valence-corrected chi connectivity index (χ4v) is 1.66. The van der Waals surface area contributed by atoms with Crippen molar-refractivity contribution in [2.24, 2.45) is 0 Å². The zero-order valence-corrected chi connectivity index (χ0v) is 11.2. The van der Waals surface area contributed by atoms with Gasteiger partial charge < -0.3 is 4.74 Å². The minimum Gasteiger partial charge on any atom is -0.477 e. The predicted molar refractivity (Wildman–Crippen MR) is 67.7 cm³/mol. The van der Waals surface area contributed by atoms with Gasteiger partial charge in [0, 0.05) is 22.5 Å². The van der Waals surface area contributed by atoms with Crippen LogP contribution in [0, 0.1) is 0 Å². The number of nitrogens with zero attached hydrogens (tertiary/aromatic N) is 1. The first-order valence-electron chi connectivity index (χ1n) is 4.38. The first-order chi connectivity index (χ1) is 6.47. The maximum atomic E-state index is 5.53. The van der Waals surface area contributed by atoms with Crippen molar-refractivity contribution in [3.05, 3.63) is 22.8 Å². The summed E-state index contributed by atoms with van der Waals surface area (Å²) in [5.41, 5.74) is 0. The third kappa shape index (κ3) is 4.86. The van der Waals surface area contributed by atoms with E-state index >= 15 is 0 Å². The Hall–Kier alpha value is -0.220.